The predicted octanol–water partition coefficient (Wildman–Crippen LogP) is 3.78. The van der Waals surface area contributed by atoms with Crippen molar-refractivity contribution in [3.05, 3.63) is 30.1 Å². The lowest BCUT2D eigenvalue weighted by atomic mass is 10.2. The average Bonchev–Trinajstić information content (AvgIpc) is 3.04. The molecule has 1 atom stereocenters. The van der Waals surface area contributed by atoms with Gasteiger partial charge in [0.15, 0.2) is 6.10 Å². The van der Waals surface area contributed by atoms with Gasteiger partial charge in [0.1, 0.15) is 11.6 Å². The number of benzene rings is 1. The van der Waals surface area contributed by atoms with Crippen molar-refractivity contribution in [2.24, 2.45) is 0 Å². The number of hydrogen-bond donors (Lipinski definition) is 1. The molecular weight excluding hydrogens is 301 g/mol. The van der Waals surface area contributed by atoms with Crippen molar-refractivity contribution in [1.29, 1.82) is 0 Å². The average molecular weight is 325 g/mol. The van der Waals surface area contributed by atoms with Crippen molar-refractivity contribution in [2.75, 3.05) is 12.3 Å². The van der Waals surface area contributed by atoms with Crippen LogP contribution in [0.15, 0.2) is 24.3 Å². The summed E-state index contributed by atoms with van der Waals surface area (Å²) in [6, 6.07) is 5.75. The largest absolute Gasteiger partial charge is 0.481 e. The maximum absolute atomic E-state index is 12.9. The minimum absolute atomic E-state index is 0.0983. The zero-order chi connectivity index (χ0) is 15.8. The Morgan fingerprint density at radius 1 is 1.36 bits per heavy atom. The van der Waals surface area contributed by atoms with Crippen LogP contribution in [0.3, 0.4) is 0 Å². The third-order valence-corrected chi connectivity index (χ3v) is 5.19. The van der Waals surface area contributed by atoms with E-state index in [1.807, 2.05) is 18.7 Å². The first kappa shape index (κ1) is 17.1. The molecular formula is C17H24FNO2S. The normalized spacial score (nSPS) is 16.5. The van der Waals surface area contributed by atoms with E-state index < -0.39 is 6.10 Å². The standard InChI is InChI=1S/C17H24FNO2S/c1-2-16(21-14-9-7-13(18)8-10-14)17(20)19-11-12-22-15-5-3-4-6-15/h7-10,15-16H,2-6,11-12H2,1H3,(H,19,20). The molecule has 0 bridgehead atoms. The van der Waals surface area contributed by atoms with Crippen molar-refractivity contribution >= 4 is 17.7 Å². The molecule has 1 N–H and O–H groups in total. The molecule has 1 aromatic carbocycles. The van der Waals surface area contributed by atoms with E-state index in [0.717, 1.165) is 11.0 Å². The Bertz CT molecular complexity index is 460. The van der Waals surface area contributed by atoms with Gasteiger partial charge in [0, 0.05) is 17.5 Å². The molecule has 1 unspecified atom stereocenters. The van der Waals surface area contributed by atoms with Crippen molar-refractivity contribution in [2.45, 2.75) is 50.4 Å². The van der Waals surface area contributed by atoms with Gasteiger partial charge in [-0.15, -0.1) is 0 Å². The van der Waals surface area contributed by atoms with E-state index >= 15 is 0 Å². The van der Waals surface area contributed by atoms with Gasteiger partial charge >= 0.3 is 0 Å². The second-order valence-corrected chi connectivity index (χ2v) is 6.95. The summed E-state index contributed by atoms with van der Waals surface area (Å²) in [6.45, 7) is 2.57. The Balaban J connectivity index is 1.70. The van der Waals surface area contributed by atoms with Crippen molar-refractivity contribution in [3.8, 4) is 5.75 Å². The highest BCUT2D eigenvalue weighted by atomic mass is 32.2. The highest BCUT2D eigenvalue weighted by Crippen LogP contribution is 2.28. The highest BCUT2D eigenvalue weighted by Gasteiger charge is 2.19. The lowest BCUT2D eigenvalue weighted by molar-refractivity contribution is -0.127. The van der Waals surface area contributed by atoms with Crippen molar-refractivity contribution in [3.63, 3.8) is 0 Å². The number of nitrogens with one attached hydrogen (secondary N) is 1. The quantitative estimate of drug-likeness (QED) is 0.739. The van der Waals surface area contributed by atoms with Gasteiger partial charge in [-0.05, 0) is 43.5 Å². The summed E-state index contributed by atoms with van der Waals surface area (Å²) in [7, 11) is 0. The molecule has 2 rings (SSSR count). The third-order valence-electron chi connectivity index (χ3n) is 3.81. The molecule has 1 saturated carbocycles. The van der Waals surface area contributed by atoms with Crippen LogP contribution in [0.2, 0.25) is 0 Å². The zero-order valence-electron chi connectivity index (χ0n) is 13.0. The molecule has 0 aliphatic heterocycles. The van der Waals surface area contributed by atoms with E-state index in [1.54, 1.807) is 12.1 Å². The number of amides is 1. The highest BCUT2D eigenvalue weighted by molar-refractivity contribution is 7.99. The molecule has 22 heavy (non-hydrogen) atoms. The monoisotopic (exact) mass is 325 g/mol. The molecule has 122 valence electrons. The number of thioether (sulfide) groups is 1. The Morgan fingerprint density at radius 2 is 2.05 bits per heavy atom. The van der Waals surface area contributed by atoms with Crippen molar-refractivity contribution < 1.29 is 13.9 Å². The van der Waals surface area contributed by atoms with Gasteiger partial charge in [-0.2, -0.15) is 11.8 Å². The van der Waals surface area contributed by atoms with Gasteiger partial charge in [-0.1, -0.05) is 19.8 Å². The summed E-state index contributed by atoms with van der Waals surface area (Å²) in [5.41, 5.74) is 0. The molecule has 1 aliphatic rings. The first-order valence-electron chi connectivity index (χ1n) is 8.00. The third kappa shape index (κ3) is 5.52. The van der Waals surface area contributed by atoms with Crippen molar-refractivity contribution in [1.82, 2.24) is 5.32 Å². The van der Waals surface area contributed by atoms with Crippen LogP contribution in [-0.2, 0) is 4.79 Å². The molecule has 1 aliphatic carbocycles. The Labute approximate surface area is 136 Å². The van der Waals surface area contributed by atoms with E-state index in [4.69, 9.17) is 4.74 Å². The van der Waals surface area contributed by atoms with Gasteiger partial charge < -0.3 is 10.1 Å². The van der Waals surface area contributed by atoms with Crippen LogP contribution in [-0.4, -0.2) is 29.6 Å². The Hall–Kier alpha value is -1.23. The lowest BCUT2D eigenvalue weighted by Crippen LogP contribution is -2.39. The summed E-state index contributed by atoms with van der Waals surface area (Å²) in [4.78, 5) is 12.1. The van der Waals surface area contributed by atoms with E-state index in [-0.39, 0.29) is 11.7 Å². The van der Waals surface area contributed by atoms with Gasteiger partial charge in [0.05, 0.1) is 0 Å². The summed E-state index contributed by atoms with van der Waals surface area (Å²) >= 11 is 1.95. The van der Waals surface area contributed by atoms with E-state index in [0.29, 0.717) is 18.7 Å². The molecule has 0 spiro atoms. The first-order chi connectivity index (χ1) is 10.7. The van der Waals surface area contributed by atoms with Crippen LogP contribution in [0, 0.1) is 5.82 Å². The Morgan fingerprint density at radius 3 is 2.68 bits per heavy atom. The molecule has 1 aromatic rings. The number of rotatable bonds is 8. The van der Waals surface area contributed by atoms with E-state index in [2.05, 4.69) is 5.32 Å². The van der Waals surface area contributed by atoms with Gasteiger partial charge in [0.2, 0.25) is 0 Å². The van der Waals surface area contributed by atoms with Crippen LogP contribution in [0.4, 0.5) is 4.39 Å². The zero-order valence-corrected chi connectivity index (χ0v) is 13.8. The molecule has 1 fully saturated rings. The summed E-state index contributed by atoms with van der Waals surface area (Å²) in [6.07, 6.45) is 5.36. The second-order valence-electron chi connectivity index (χ2n) is 5.54. The molecule has 0 heterocycles. The van der Waals surface area contributed by atoms with E-state index in [1.165, 1.54) is 37.8 Å². The number of carbonyl (C=O) groups excluding carboxylic acids is 1. The molecule has 0 aromatic heterocycles. The van der Waals surface area contributed by atoms with Gasteiger partial charge in [-0.3, -0.25) is 4.79 Å². The second kappa shape index (κ2) is 9.03. The van der Waals surface area contributed by atoms with Gasteiger partial charge in [-0.25, -0.2) is 4.39 Å². The summed E-state index contributed by atoms with van der Waals surface area (Å²) in [5.74, 6) is 1.06. The van der Waals surface area contributed by atoms with E-state index in [9.17, 15) is 9.18 Å². The van der Waals surface area contributed by atoms with Gasteiger partial charge in [0.25, 0.3) is 5.91 Å². The fourth-order valence-corrected chi connectivity index (χ4v) is 3.79. The van der Waals surface area contributed by atoms with Crippen LogP contribution in [0.25, 0.3) is 0 Å². The minimum atomic E-state index is -0.526. The van der Waals surface area contributed by atoms with Crippen LogP contribution in [0.1, 0.15) is 39.0 Å². The molecule has 0 radical (unpaired) electrons. The van der Waals surface area contributed by atoms with Crippen LogP contribution >= 0.6 is 11.8 Å². The minimum Gasteiger partial charge on any atom is -0.481 e. The fourth-order valence-electron chi connectivity index (χ4n) is 2.57. The number of carbonyl (C=O) groups is 1. The fraction of sp³-hybridized carbons (Fsp3) is 0.588. The lowest BCUT2D eigenvalue weighted by Gasteiger charge is -2.17. The van der Waals surface area contributed by atoms with Crippen LogP contribution in [0.5, 0.6) is 5.75 Å². The SMILES string of the molecule is CCC(Oc1ccc(F)cc1)C(=O)NCCSC1CCCC1. The molecule has 1 amide bonds. The molecule has 0 saturated heterocycles. The number of hydrogen-bond acceptors (Lipinski definition) is 3. The molecule has 5 heteroatoms. The molecule has 3 nitrogen and oxygen atoms in total. The number of ether oxygens (including phenoxy) is 1. The maximum atomic E-state index is 12.9. The van der Waals surface area contributed by atoms with Crippen LogP contribution < -0.4 is 10.1 Å². The first-order valence-corrected chi connectivity index (χ1v) is 9.05. The maximum Gasteiger partial charge on any atom is 0.261 e. The predicted molar refractivity (Wildman–Crippen MR) is 88.8 cm³/mol. The summed E-state index contributed by atoms with van der Waals surface area (Å²) in [5, 5.41) is 3.70. The number of halogens is 1. The Kier molecular flexibility index (Phi) is 7.03. The topological polar surface area (TPSA) is 38.3 Å². The smallest absolute Gasteiger partial charge is 0.261 e. The summed E-state index contributed by atoms with van der Waals surface area (Å²) < 4.78 is 18.5.